The smallest absolute Gasteiger partial charge is 0.301 e. The minimum atomic E-state index is -0.796. The lowest BCUT2D eigenvalue weighted by atomic mass is 9.95. The van der Waals surface area contributed by atoms with Crippen molar-refractivity contribution in [3.63, 3.8) is 0 Å². The van der Waals surface area contributed by atoms with Crippen LogP contribution in [0.3, 0.4) is 0 Å². The van der Waals surface area contributed by atoms with Crippen LogP contribution in [-0.2, 0) is 9.59 Å². The van der Waals surface area contributed by atoms with E-state index in [2.05, 4.69) is 26.1 Å². The maximum Gasteiger partial charge on any atom is 0.301 e. The number of anilines is 1. The lowest BCUT2D eigenvalue weighted by Gasteiger charge is -2.22. The van der Waals surface area contributed by atoms with Crippen LogP contribution < -0.4 is 4.90 Å². The Bertz CT molecular complexity index is 1050. The van der Waals surface area contributed by atoms with E-state index < -0.39 is 17.7 Å². The number of carbonyl (C=O) groups excluding carboxylic acids is 2. The third kappa shape index (κ3) is 3.07. The summed E-state index contributed by atoms with van der Waals surface area (Å²) >= 11 is 4.57. The van der Waals surface area contributed by atoms with E-state index in [0.717, 1.165) is 15.8 Å². The van der Waals surface area contributed by atoms with Crippen LogP contribution in [0.15, 0.2) is 70.2 Å². The van der Waals surface area contributed by atoms with Crippen LogP contribution in [0.4, 0.5) is 5.13 Å². The Morgan fingerprint density at radius 3 is 2.56 bits per heavy atom. The van der Waals surface area contributed by atoms with Gasteiger partial charge in [-0.1, -0.05) is 69.7 Å². The molecule has 134 valence electrons. The average Bonchev–Trinajstić information content (AvgIpc) is 3.29. The van der Waals surface area contributed by atoms with Gasteiger partial charge >= 0.3 is 5.91 Å². The molecule has 1 fully saturated rings. The predicted octanol–water partition coefficient (Wildman–Crippen LogP) is 3.93. The second-order valence-electron chi connectivity index (χ2n) is 5.81. The molecule has 0 radical (unpaired) electrons. The van der Waals surface area contributed by atoms with Crippen molar-refractivity contribution in [1.82, 2.24) is 10.2 Å². The summed E-state index contributed by atoms with van der Waals surface area (Å²) in [5, 5.41) is 18.9. The fourth-order valence-corrected chi connectivity index (χ4v) is 4.05. The number of benzene rings is 2. The van der Waals surface area contributed by atoms with Gasteiger partial charge in [0.2, 0.25) is 5.13 Å². The van der Waals surface area contributed by atoms with Crippen LogP contribution in [-0.4, -0.2) is 27.0 Å². The van der Waals surface area contributed by atoms with Gasteiger partial charge in [-0.25, -0.2) is 0 Å². The third-order valence-electron chi connectivity index (χ3n) is 4.21. The van der Waals surface area contributed by atoms with E-state index in [0.29, 0.717) is 16.3 Å². The topological polar surface area (TPSA) is 83.4 Å². The number of aliphatic hydroxyl groups excluding tert-OH is 1. The van der Waals surface area contributed by atoms with Crippen molar-refractivity contribution >= 4 is 49.8 Å². The molecule has 0 unspecified atom stereocenters. The molecule has 3 aromatic rings. The Balaban J connectivity index is 1.96. The van der Waals surface area contributed by atoms with E-state index in [1.807, 2.05) is 24.3 Å². The molecular formula is C19H12BrN3O3S. The number of hydrogen-bond acceptors (Lipinski definition) is 6. The monoisotopic (exact) mass is 441 g/mol. The highest BCUT2D eigenvalue weighted by Gasteiger charge is 2.48. The zero-order valence-corrected chi connectivity index (χ0v) is 16.1. The summed E-state index contributed by atoms with van der Waals surface area (Å²) in [6.45, 7) is 0. The molecule has 1 aromatic heterocycles. The standard InChI is InChI=1S/C19H12BrN3O3S/c20-13-8-4-7-12(9-13)15-14(16(24)11-5-2-1-3-6-11)17(25)18(26)23(15)19-22-21-10-27-19/h1-10,15,24H/t15-/m1/s1. The average molecular weight is 442 g/mol. The van der Waals surface area contributed by atoms with Crippen molar-refractivity contribution in [2.24, 2.45) is 0 Å². The Labute approximate surface area is 166 Å². The molecule has 8 heteroatoms. The Morgan fingerprint density at radius 2 is 1.89 bits per heavy atom. The summed E-state index contributed by atoms with van der Waals surface area (Å²) < 4.78 is 0.794. The molecular weight excluding hydrogens is 430 g/mol. The van der Waals surface area contributed by atoms with Crippen molar-refractivity contribution in [1.29, 1.82) is 0 Å². The second-order valence-corrected chi connectivity index (χ2v) is 7.54. The summed E-state index contributed by atoms with van der Waals surface area (Å²) in [4.78, 5) is 26.9. The van der Waals surface area contributed by atoms with E-state index in [1.165, 1.54) is 10.4 Å². The molecule has 1 amide bonds. The van der Waals surface area contributed by atoms with Crippen molar-refractivity contribution in [3.8, 4) is 0 Å². The summed E-state index contributed by atoms with van der Waals surface area (Å²) in [5.41, 5.74) is 2.66. The highest BCUT2D eigenvalue weighted by Crippen LogP contribution is 2.42. The molecule has 1 N–H and O–H groups in total. The molecule has 0 saturated carbocycles. The minimum Gasteiger partial charge on any atom is -0.507 e. The van der Waals surface area contributed by atoms with Gasteiger partial charge in [-0.3, -0.25) is 14.5 Å². The van der Waals surface area contributed by atoms with Crippen LogP contribution in [0, 0.1) is 0 Å². The molecule has 2 heterocycles. The molecule has 2 aromatic carbocycles. The van der Waals surface area contributed by atoms with E-state index >= 15 is 0 Å². The van der Waals surface area contributed by atoms with Crippen molar-refractivity contribution in [2.45, 2.75) is 6.04 Å². The molecule has 6 nitrogen and oxygen atoms in total. The zero-order chi connectivity index (χ0) is 19.0. The number of hydrogen-bond donors (Lipinski definition) is 1. The first-order valence-electron chi connectivity index (χ1n) is 7.96. The van der Waals surface area contributed by atoms with Gasteiger partial charge in [-0.05, 0) is 17.7 Å². The van der Waals surface area contributed by atoms with Crippen LogP contribution in [0.5, 0.6) is 0 Å². The van der Waals surface area contributed by atoms with E-state index in [9.17, 15) is 14.7 Å². The van der Waals surface area contributed by atoms with Gasteiger partial charge in [0.15, 0.2) is 0 Å². The highest BCUT2D eigenvalue weighted by molar-refractivity contribution is 9.10. The number of carbonyl (C=O) groups is 2. The van der Waals surface area contributed by atoms with Crippen LogP contribution in [0.2, 0.25) is 0 Å². The fraction of sp³-hybridized carbons (Fsp3) is 0.0526. The van der Waals surface area contributed by atoms with E-state index in [-0.39, 0.29) is 11.3 Å². The number of amides is 1. The Kier molecular flexibility index (Phi) is 4.59. The lowest BCUT2D eigenvalue weighted by molar-refractivity contribution is -0.132. The molecule has 0 aliphatic carbocycles. The van der Waals surface area contributed by atoms with Gasteiger partial charge in [0.25, 0.3) is 5.78 Å². The molecule has 1 aliphatic heterocycles. The largest absolute Gasteiger partial charge is 0.507 e. The van der Waals surface area contributed by atoms with E-state index in [4.69, 9.17) is 0 Å². The summed E-state index contributed by atoms with van der Waals surface area (Å²) in [6, 6.07) is 15.2. The number of aliphatic hydroxyl groups is 1. The zero-order valence-electron chi connectivity index (χ0n) is 13.7. The molecule has 0 spiro atoms. The normalized spacial score (nSPS) is 18.9. The van der Waals surface area contributed by atoms with Gasteiger partial charge in [0.05, 0.1) is 11.6 Å². The van der Waals surface area contributed by atoms with Crippen LogP contribution in [0.1, 0.15) is 17.2 Å². The first-order chi connectivity index (χ1) is 13.1. The van der Waals surface area contributed by atoms with Gasteiger partial charge in [-0.2, -0.15) is 0 Å². The number of aromatic nitrogens is 2. The maximum atomic E-state index is 12.8. The van der Waals surface area contributed by atoms with E-state index in [1.54, 1.807) is 30.3 Å². The number of Topliss-reactive ketones (excluding diaryl/α,β-unsaturated/α-hetero) is 1. The summed E-state index contributed by atoms with van der Waals surface area (Å²) in [6.07, 6.45) is 0. The molecule has 1 atom stereocenters. The molecule has 4 rings (SSSR count). The summed E-state index contributed by atoms with van der Waals surface area (Å²) in [7, 11) is 0. The van der Waals surface area contributed by atoms with Gasteiger partial charge in [0.1, 0.15) is 11.3 Å². The quantitative estimate of drug-likeness (QED) is 0.378. The maximum absolute atomic E-state index is 12.8. The SMILES string of the molecule is O=C1C(=O)N(c2nncs2)[C@H](c2cccc(Br)c2)C1=C(O)c1ccccc1. The minimum absolute atomic E-state index is 0.0273. The summed E-state index contributed by atoms with van der Waals surface area (Å²) in [5.74, 6) is -1.71. The van der Waals surface area contributed by atoms with Gasteiger partial charge in [0, 0.05) is 10.0 Å². The van der Waals surface area contributed by atoms with Crippen LogP contribution >= 0.6 is 27.3 Å². The fourth-order valence-electron chi connectivity index (χ4n) is 3.05. The first-order valence-corrected chi connectivity index (χ1v) is 9.63. The number of ketones is 1. The predicted molar refractivity (Wildman–Crippen MR) is 105 cm³/mol. The Morgan fingerprint density at radius 1 is 1.11 bits per heavy atom. The number of nitrogens with zero attached hydrogens (tertiary/aromatic N) is 3. The van der Waals surface area contributed by atoms with Gasteiger partial charge in [-0.15, -0.1) is 10.2 Å². The second kappa shape index (κ2) is 7.05. The molecule has 1 saturated heterocycles. The number of rotatable bonds is 3. The number of halogens is 1. The third-order valence-corrected chi connectivity index (χ3v) is 5.39. The highest BCUT2D eigenvalue weighted by atomic mass is 79.9. The van der Waals surface area contributed by atoms with Crippen molar-refractivity contribution in [3.05, 3.63) is 81.3 Å². The molecule has 1 aliphatic rings. The van der Waals surface area contributed by atoms with Gasteiger partial charge < -0.3 is 5.11 Å². The first kappa shape index (κ1) is 17.6. The lowest BCUT2D eigenvalue weighted by Crippen LogP contribution is -2.29. The molecule has 27 heavy (non-hydrogen) atoms. The Hall–Kier alpha value is -2.84. The van der Waals surface area contributed by atoms with Crippen molar-refractivity contribution < 1.29 is 14.7 Å². The van der Waals surface area contributed by atoms with Crippen LogP contribution in [0.25, 0.3) is 5.76 Å². The van der Waals surface area contributed by atoms with Crippen molar-refractivity contribution in [2.75, 3.05) is 4.90 Å². The molecule has 0 bridgehead atoms.